The van der Waals surface area contributed by atoms with Gasteiger partial charge in [0, 0.05) is 30.2 Å². The number of ether oxygens (including phenoxy) is 1. The second kappa shape index (κ2) is 7.43. The van der Waals surface area contributed by atoms with Crippen molar-refractivity contribution in [1.82, 2.24) is 9.97 Å². The summed E-state index contributed by atoms with van der Waals surface area (Å²) in [5.74, 6) is -1.18. The van der Waals surface area contributed by atoms with Crippen molar-refractivity contribution in [2.75, 3.05) is 5.32 Å². The van der Waals surface area contributed by atoms with Crippen LogP contribution in [0.4, 0.5) is 18.9 Å². The molecule has 3 aromatic rings. The first-order chi connectivity index (χ1) is 13.2. The van der Waals surface area contributed by atoms with Crippen LogP contribution in [0.5, 0.6) is 17.4 Å². The average molecular weight is 391 g/mol. The van der Waals surface area contributed by atoms with Crippen LogP contribution in [-0.2, 0) is 6.18 Å². The number of rotatable bonds is 4. The van der Waals surface area contributed by atoms with Gasteiger partial charge in [0.25, 0.3) is 5.91 Å². The Morgan fingerprint density at radius 3 is 2.43 bits per heavy atom. The number of nitrogens with zero attached hydrogens (tertiary/aromatic N) is 1. The number of hydrogen-bond donors (Lipinski definition) is 3. The molecule has 0 unspecified atom stereocenters. The number of aromatic amines is 1. The summed E-state index contributed by atoms with van der Waals surface area (Å²) >= 11 is 0. The molecule has 0 aliphatic carbocycles. The van der Waals surface area contributed by atoms with E-state index >= 15 is 0 Å². The fraction of sp³-hybridized carbons (Fsp3) is 0.0556. The Morgan fingerprint density at radius 2 is 1.82 bits per heavy atom. The van der Waals surface area contributed by atoms with Gasteiger partial charge in [-0.3, -0.25) is 9.59 Å². The van der Waals surface area contributed by atoms with Crippen LogP contribution < -0.4 is 15.5 Å². The number of nitrogens with one attached hydrogen (secondary N) is 2. The molecule has 0 radical (unpaired) electrons. The minimum atomic E-state index is -4.48. The van der Waals surface area contributed by atoms with Gasteiger partial charge in [0.15, 0.2) is 11.4 Å². The van der Waals surface area contributed by atoms with E-state index in [9.17, 15) is 27.9 Å². The van der Waals surface area contributed by atoms with Crippen LogP contribution in [-0.4, -0.2) is 21.0 Å². The number of benzene rings is 1. The van der Waals surface area contributed by atoms with E-state index in [-0.39, 0.29) is 17.3 Å². The van der Waals surface area contributed by atoms with Crippen molar-refractivity contribution < 1.29 is 27.8 Å². The minimum Gasteiger partial charge on any atom is -0.503 e. The highest BCUT2D eigenvalue weighted by Gasteiger charge is 2.30. The predicted molar refractivity (Wildman–Crippen MR) is 92.4 cm³/mol. The lowest BCUT2D eigenvalue weighted by Crippen LogP contribution is -2.16. The van der Waals surface area contributed by atoms with E-state index in [0.717, 1.165) is 18.2 Å². The molecule has 0 bridgehead atoms. The minimum absolute atomic E-state index is 0.0310. The lowest BCUT2D eigenvalue weighted by Gasteiger charge is -2.09. The fourth-order valence-corrected chi connectivity index (χ4v) is 2.17. The maximum absolute atomic E-state index is 12.5. The van der Waals surface area contributed by atoms with Gasteiger partial charge in [0.2, 0.25) is 11.3 Å². The number of anilines is 1. The molecule has 0 fully saturated rings. The number of carbonyl (C=O) groups excluding carboxylic acids is 1. The molecule has 0 aliphatic rings. The summed E-state index contributed by atoms with van der Waals surface area (Å²) in [6, 6.07) is 8.88. The van der Waals surface area contributed by atoms with Gasteiger partial charge in [0.1, 0.15) is 5.75 Å². The van der Waals surface area contributed by atoms with Gasteiger partial charge in [-0.1, -0.05) is 0 Å². The molecule has 3 rings (SSSR count). The highest BCUT2D eigenvalue weighted by molar-refractivity contribution is 6.04. The van der Waals surface area contributed by atoms with Crippen molar-refractivity contribution in [2.24, 2.45) is 0 Å². The van der Waals surface area contributed by atoms with E-state index in [1.54, 1.807) is 0 Å². The second-order valence-corrected chi connectivity index (χ2v) is 5.53. The van der Waals surface area contributed by atoms with Crippen LogP contribution in [0.15, 0.2) is 59.7 Å². The number of carbonyl (C=O) groups is 1. The zero-order valence-corrected chi connectivity index (χ0v) is 13.9. The molecule has 0 aliphatic heterocycles. The van der Waals surface area contributed by atoms with Crippen LogP contribution in [0.25, 0.3) is 0 Å². The molecule has 7 nitrogen and oxygen atoms in total. The van der Waals surface area contributed by atoms with Crippen LogP contribution in [0.3, 0.4) is 0 Å². The summed E-state index contributed by atoms with van der Waals surface area (Å²) in [4.78, 5) is 29.5. The van der Waals surface area contributed by atoms with Crippen molar-refractivity contribution >= 4 is 11.6 Å². The summed E-state index contributed by atoms with van der Waals surface area (Å²) in [5, 5.41) is 12.1. The van der Waals surface area contributed by atoms with Crippen LogP contribution in [0.2, 0.25) is 0 Å². The predicted octanol–water partition coefficient (Wildman–Crippen LogP) is 3.54. The Kier molecular flexibility index (Phi) is 5.03. The summed E-state index contributed by atoms with van der Waals surface area (Å²) in [6.07, 6.45) is -2.59. The van der Waals surface area contributed by atoms with Gasteiger partial charge in [-0.2, -0.15) is 13.2 Å². The largest absolute Gasteiger partial charge is 0.503 e. The smallest absolute Gasteiger partial charge is 0.417 e. The maximum atomic E-state index is 12.5. The number of alkyl halides is 3. The first-order valence-electron chi connectivity index (χ1n) is 7.77. The number of amides is 1. The first kappa shape index (κ1) is 19.0. The lowest BCUT2D eigenvalue weighted by atomic mass is 10.2. The second-order valence-electron chi connectivity index (χ2n) is 5.53. The van der Waals surface area contributed by atoms with Gasteiger partial charge in [-0.25, -0.2) is 4.98 Å². The third-order valence-corrected chi connectivity index (χ3v) is 3.56. The first-order valence-corrected chi connectivity index (χ1v) is 7.77. The van der Waals surface area contributed by atoms with E-state index in [4.69, 9.17) is 4.74 Å². The van der Waals surface area contributed by atoms with Gasteiger partial charge in [0.05, 0.1) is 5.56 Å². The number of aromatic nitrogens is 2. The van der Waals surface area contributed by atoms with Gasteiger partial charge in [-0.15, -0.1) is 0 Å². The Bertz CT molecular complexity index is 1050. The maximum Gasteiger partial charge on any atom is 0.417 e. The molecule has 2 aromatic heterocycles. The SMILES string of the molecule is O=C(Nc1ccc(Oc2ccc(C(F)(F)F)cn2)cc1)c1[nH]ccc(=O)c1O. The van der Waals surface area contributed by atoms with Gasteiger partial charge >= 0.3 is 6.18 Å². The number of H-pyrrole nitrogens is 1. The standard InChI is InChI=1S/C18H12F3N3O4/c19-18(20,21)10-1-6-14(23-9-10)28-12-4-2-11(3-5-12)24-17(27)15-16(26)13(25)7-8-22-15/h1-9,26H,(H,22,25)(H,24,27). The van der Waals surface area contributed by atoms with Crippen molar-refractivity contribution in [3.05, 3.63) is 76.3 Å². The Hall–Kier alpha value is -3.82. The molecule has 0 atom stereocenters. The molecular weight excluding hydrogens is 379 g/mol. The lowest BCUT2D eigenvalue weighted by molar-refractivity contribution is -0.137. The quantitative estimate of drug-likeness (QED) is 0.631. The van der Waals surface area contributed by atoms with Crippen LogP contribution in [0, 0.1) is 0 Å². The molecular formula is C18H12F3N3O4. The molecule has 28 heavy (non-hydrogen) atoms. The fourth-order valence-electron chi connectivity index (χ4n) is 2.17. The molecule has 1 amide bonds. The molecule has 0 spiro atoms. The van der Waals surface area contributed by atoms with Crippen LogP contribution >= 0.6 is 0 Å². The van der Waals surface area contributed by atoms with Crippen molar-refractivity contribution in [2.45, 2.75) is 6.18 Å². The Labute approximate surface area is 155 Å². The summed E-state index contributed by atoms with van der Waals surface area (Å²) in [6.45, 7) is 0. The normalized spacial score (nSPS) is 11.1. The van der Waals surface area contributed by atoms with Crippen molar-refractivity contribution in [1.29, 1.82) is 0 Å². The molecule has 3 N–H and O–H groups in total. The third kappa shape index (κ3) is 4.29. The summed E-state index contributed by atoms with van der Waals surface area (Å²) in [7, 11) is 0. The Morgan fingerprint density at radius 1 is 1.11 bits per heavy atom. The monoisotopic (exact) mass is 391 g/mol. The van der Waals surface area contributed by atoms with Crippen molar-refractivity contribution in [3.63, 3.8) is 0 Å². The molecule has 10 heteroatoms. The molecule has 0 saturated heterocycles. The highest BCUT2D eigenvalue weighted by Crippen LogP contribution is 2.30. The highest BCUT2D eigenvalue weighted by atomic mass is 19.4. The van der Waals surface area contributed by atoms with E-state index in [0.29, 0.717) is 11.9 Å². The zero-order valence-electron chi connectivity index (χ0n) is 13.9. The summed E-state index contributed by atoms with van der Waals surface area (Å²) in [5.41, 5.74) is -1.54. The van der Waals surface area contributed by atoms with Crippen LogP contribution in [0.1, 0.15) is 16.1 Å². The zero-order chi connectivity index (χ0) is 20.3. The van der Waals surface area contributed by atoms with E-state index in [1.807, 2.05) is 0 Å². The average Bonchev–Trinajstić information content (AvgIpc) is 2.65. The molecule has 1 aromatic carbocycles. The topological polar surface area (TPSA) is 104 Å². The van der Waals surface area contributed by atoms with Gasteiger partial charge < -0.3 is 20.1 Å². The third-order valence-electron chi connectivity index (χ3n) is 3.56. The van der Waals surface area contributed by atoms with E-state index < -0.39 is 28.8 Å². The number of pyridine rings is 2. The van der Waals surface area contributed by atoms with Gasteiger partial charge in [-0.05, 0) is 30.3 Å². The molecule has 144 valence electrons. The summed E-state index contributed by atoms with van der Waals surface area (Å²) < 4.78 is 42.9. The number of halogens is 3. The molecule has 2 heterocycles. The molecule has 0 saturated carbocycles. The van der Waals surface area contributed by atoms with E-state index in [1.165, 1.54) is 30.5 Å². The van der Waals surface area contributed by atoms with E-state index in [2.05, 4.69) is 15.3 Å². The Balaban J connectivity index is 1.67. The number of hydrogen-bond acceptors (Lipinski definition) is 5. The number of aromatic hydroxyl groups is 1. The van der Waals surface area contributed by atoms with Crippen molar-refractivity contribution in [3.8, 4) is 17.4 Å².